The van der Waals surface area contributed by atoms with Crippen LogP contribution in [-0.4, -0.2) is 26.2 Å². The molecule has 0 aliphatic carbocycles. The molecule has 0 atom stereocenters. The number of tetrazole rings is 1. The lowest BCUT2D eigenvalue weighted by Gasteiger charge is -2.06. The Labute approximate surface area is 137 Å². The van der Waals surface area contributed by atoms with Crippen molar-refractivity contribution in [1.82, 2.24) is 20.2 Å². The van der Waals surface area contributed by atoms with Gasteiger partial charge in [0.15, 0.2) is 0 Å². The second-order valence-corrected chi connectivity index (χ2v) is 5.20. The molecule has 0 spiro atoms. The van der Waals surface area contributed by atoms with E-state index in [2.05, 4.69) is 15.5 Å². The van der Waals surface area contributed by atoms with Gasteiger partial charge in [0.2, 0.25) is 0 Å². The summed E-state index contributed by atoms with van der Waals surface area (Å²) in [6.45, 7) is 0. The molecule has 0 saturated carbocycles. The molecule has 24 heavy (non-hydrogen) atoms. The molecule has 116 valence electrons. The zero-order valence-electron chi connectivity index (χ0n) is 12.5. The van der Waals surface area contributed by atoms with Gasteiger partial charge in [0.1, 0.15) is 12.1 Å². The Morgan fingerprint density at radius 2 is 1.71 bits per heavy atom. The summed E-state index contributed by atoms with van der Waals surface area (Å²) >= 11 is 0. The van der Waals surface area contributed by atoms with Crippen LogP contribution in [0.3, 0.4) is 0 Å². The van der Waals surface area contributed by atoms with Crippen molar-refractivity contribution in [1.29, 1.82) is 0 Å². The number of nitrogens with zero attached hydrogens (tertiary/aromatic N) is 4. The van der Waals surface area contributed by atoms with Crippen LogP contribution in [0.5, 0.6) is 5.75 Å². The monoisotopic (exact) mass is 316 g/mol. The number of benzene rings is 3. The van der Waals surface area contributed by atoms with Crippen LogP contribution in [0.4, 0.5) is 0 Å². The molecule has 3 aromatic carbocycles. The fourth-order valence-electron chi connectivity index (χ4n) is 2.43. The highest BCUT2D eigenvalue weighted by Gasteiger charge is 2.09. The first-order chi connectivity index (χ1) is 11.8. The molecular formula is C18H12N4O2. The number of aromatic nitrogens is 4. The first kappa shape index (κ1) is 14.1. The molecule has 0 saturated heterocycles. The highest BCUT2D eigenvalue weighted by atomic mass is 16.5. The first-order valence-electron chi connectivity index (χ1n) is 7.34. The summed E-state index contributed by atoms with van der Waals surface area (Å²) in [6, 6.07) is 20.3. The largest absolute Gasteiger partial charge is 0.423 e. The number of esters is 1. The molecule has 0 amide bonds. The van der Waals surface area contributed by atoms with Crippen LogP contribution in [0.1, 0.15) is 10.4 Å². The van der Waals surface area contributed by atoms with E-state index in [4.69, 9.17) is 4.74 Å². The third kappa shape index (κ3) is 2.72. The second-order valence-electron chi connectivity index (χ2n) is 5.20. The van der Waals surface area contributed by atoms with Crippen molar-refractivity contribution in [3.05, 3.63) is 78.6 Å². The molecule has 0 unspecified atom stereocenters. The quantitative estimate of drug-likeness (QED) is 0.429. The van der Waals surface area contributed by atoms with Gasteiger partial charge in [-0.25, -0.2) is 9.48 Å². The summed E-state index contributed by atoms with van der Waals surface area (Å²) in [6.07, 6.45) is 1.50. The Morgan fingerprint density at radius 3 is 2.46 bits per heavy atom. The Hall–Kier alpha value is -3.54. The van der Waals surface area contributed by atoms with E-state index in [0.717, 1.165) is 16.5 Å². The van der Waals surface area contributed by atoms with Gasteiger partial charge in [-0.1, -0.05) is 30.3 Å². The summed E-state index contributed by atoms with van der Waals surface area (Å²) in [5.41, 5.74) is 1.30. The van der Waals surface area contributed by atoms with Crippen LogP contribution in [0.2, 0.25) is 0 Å². The molecule has 4 rings (SSSR count). The number of fused-ring (bicyclic) bond motifs is 1. The van der Waals surface area contributed by atoms with Gasteiger partial charge in [-0.3, -0.25) is 0 Å². The van der Waals surface area contributed by atoms with Crippen LogP contribution < -0.4 is 4.74 Å². The maximum atomic E-state index is 12.3. The van der Waals surface area contributed by atoms with Crippen LogP contribution >= 0.6 is 0 Å². The number of carbonyl (C=O) groups excluding carboxylic acids is 1. The van der Waals surface area contributed by atoms with Crippen LogP contribution in [0, 0.1) is 0 Å². The Kier molecular flexibility index (Phi) is 3.47. The molecule has 6 heteroatoms. The predicted molar refractivity (Wildman–Crippen MR) is 88.1 cm³/mol. The lowest BCUT2D eigenvalue weighted by Crippen LogP contribution is -2.08. The van der Waals surface area contributed by atoms with Gasteiger partial charge in [0.25, 0.3) is 0 Å². The minimum atomic E-state index is -0.393. The first-order valence-corrected chi connectivity index (χ1v) is 7.34. The van der Waals surface area contributed by atoms with Gasteiger partial charge >= 0.3 is 5.97 Å². The van der Waals surface area contributed by atoms with Crippen LogP contribution in [0.15, 0.2) is 73.1 Å². The van der Waals surface area contributed by atoms with Crippen molar-refractivity contribution in [2.75, 3.05) is 0 Å². The van der Waals surface area contributed by atoms with E-state index >= 15 is 0 Å². The Bertz CT molecular complexity index is 995. The number of rotatable bonds is 3. The molecule has 0 aliphatic heterocycles. The van der Waals surface area contributed by atoms with Gasteiger partial charge in [0.05, 0.1) is 11.3 Å². The third-order valence-corrected chi connectivity index (χ3v) is 3.65. The van der Waals surface area contributed by atoms with Gasteiger partial charge in [-0.05, 0) is 57.6 Å². The maximum absolute atomic E-state index is 12.3. The van der Waals surface area contributed by atoms with E-state index in [1.54, 1.807) is 30.3 Å². The highest BCUT2D eigenvalue weighted by molar-refractivity contribution is 5.96. The standard InChI is InChI=1S/C18H12N4O2/c23-18(15-6-5-13-3-1-2-4-14(13)11-15)24-17-9-7-16(8-10-17)22-12-19-20-21-22/h1-12H. The lowest BCUT2D eigenvalue weighted by atomic mass is 10.1. The summed E-state index contributed by atoms with van der Waals surface area (Å²) in [5, 5.41) is 13.0. The average molecular weight is 316 g/mol. The van der Waals surface area contributed by atoms with Crippen molar-refractivity contribution < 1.29 is 9.53 Å². The Morgan fingerprint density at radius 1 is 0.917 bits per heavy atom. The minimum Gasteiger partial charge on any atom is -0.423 e. The van der Waals surface area contributed by atoms with Gasteiger partial charge in [-0.15, -0.1) is 5.10 Å². The zero-order chi connectivity index (χ0) is 16.4. The van der Waals surface area contributed by atoms with E-state index in [0.29, 0.717) is 11.3 Å². The molecule has 0 radical (unpaired) electrons. The van der Waals surface area contributed by atoms with Crippen molar-refractivity contribution in [3.63, 3.8) is 0 Å². The lowest BCUT2D eigenvalue weighted by molar-refractivity contribution is 0.0735. The van der Waals surface area contributed by atoms with E-state index in [1.165, 1.54) is 11.0 Å². The molecule has 1 heterocycles. The fraction of sp³-hybridized carbons (Fsp3) is 0. The molecule has 1 aromatic heterocycles. The molecule has 4 aromatic rings. The average Bonchev–Trinajstić information content (AvgIpc) is 3.16. The van der Waals surface area contributed by atoms with E-state index < -0.39 is 5.97 Å². The van der Waals surface area contributed by atoms with Crippen LogP contribution in [0.25, 0.3) is 16.5 Å². The number of carbonyl (C=O) groups is 1. The van der Waals surface area contributed by atoms with E-state index in [-0.39, 0.29) is 0 Å². The van der Waals surface area contributed by atoms with Crippen molar-refractivity contribution in [3.8, 4) is 11.4 Å². The van der Waals surface area contributed by atoms with Gasteiger partial charge in [-0.2, -0.15) is 0 Å². The normalized spacial score (nSPS) is 10.7. The SMILES string of the molecule is O=C(Oc1ccc(-n2cnnn2)cc1)c1ccc2ccccc2c1. The van der Waals surface area contributed by atoms with Gasteiger partial charge in [0, 0.05) is 0 Å². The zero-order valence-corrected chi connectivity index (χ0v) is 12.5. The highest BCUT2D eigenvalue weighted by Crippen LogP contribution is 2.19. The molecule has 0 N–H and O–H groups in total. The fourth-order valence-corrected chi connectivity index (χ4v) is 2.43. The third-order valence-electron chi connectivity index (χ3n) is 3.65. The van der Waals surface area contributed by atoms with Crippen LogP contribution in [-0.2, 0) is 0 Å². The Balaban J connectivity index is 1.54. The topological polar surface area (TPSA) is 69.9 Å². The molecular weight excluding hydrogens is 304 g/mol. The second kappa shape index (κ2) is 5.92. The number of ether oxygens (including phenoxy) is 1. The molecule has 0 fully saturated rings. The summed E-state index contributed by atoms with van der Waals surface area (Å²) in [7, 11) is 0. The van der Waals surface area contributed by atoms with Crippen molar-refractivity contribution in [2.24, 2.45) is 0 Å². The van der Waals surface area contributed by atoms with E-state index in [9.17, 15) is 4.79 Å². The van der Waals surface area contributed by atoms with E-state index in [1.807, 2.05) is 36.4 Å². The van der Waals surface area contributed by atoms with Crippen molar-refractivity contribution in [2.45, 2.75) is 0 Å². The van der Waals surface area contributed by atoms with Gasteiger partial charge < -0.3 is 4.74 Å². The number of hydrogen-bond donors (Lipinski definition) is 0. The minimum absolute atomic E-state index is 0.393. The summed E-state index contributed by atoms with van der Waals surface area (Å²) in [4.78, 5) is 12.3. The molecule has 6 nitrogen and oxygen atoms in total. The number of hydrogen-bond acceptors (Lipinski definition) is 5. The summed E-state index contributed by atoms with van der Waals surface area (Å²) in [5.74, 6) is 0.0703. The van der Waals surface area contributed by atoms with Crippen molar-refractivity contribution >= 4 is 16.7 Å². The predicted octanol–water partition coefficient (Wildman–Crippen LogP) is 3.03. The molecule has 0 bridgehead atoms. The maximum Gasteiger partial charge on any atom is 0.343 e. The smallest absolute Gasteiger partial charge is 0.343 e. The molecule has 0 aliphatic rings. The summed E-state index contributed by atoms with van der Waals surface area (Å²) < 4.78 is 6.94.